The van der Waals surface area contributed by atoms with Gasteiger partial charge in [0.25, 0.3) is 11.6 Å². The average Bonchev–Trinajstić information content (AvgIpc) is 2.72. The standard InChI is InChI=1S/C20H22N4O5/c1-2-11-21-20(26)18-12-23(16-9-5-6-10-17(16)29-18)13-19(25)22-14-7-3-4-8-15(14)24(27)28/h3-10,18H,2,11-13H2,1H3,(H,21,26)(H,22,25)/t18-/m0/s1. The number of amides is 2. The largest absolute Gasteiger partial charge is 0.477 e. The summed E-state index contributed by atoms with van der Waals surface area (Å²) in [6.07, 6.45) is 0.0483. The van der Waals surface area contributed by atoms with Crippen molar-refractivity contribution < 1.29 is 19.2 Å². The highest BCUT2D eigenvalue weighted by Gasteiger charge is 2.31. The third kappa shape index (κ3) is 4.81. The van der Waals surface area contributed by atoms with Crippen molar-refractivity contribution in [3.8, 4) is 5.75 Å². The molecule has 3 rings (SSSR count). The minimum atomic E-state index is -0.754. The summed E-state index contributed by atoms with van der Waals surface area (Å²) in [6, 6.07) is 13.1. The summed E-state index contributed by atoms with van der Waals surface area (Å²) >= 11 is 0. The fraction of sp³-hybridized carbons (Fsp3) is 0.300. The van der Waals surface area contributed by atoms with E-state index in [0.29, 0.717) is 18.0 Å². The highest BCUT2D eigenvalue weighted by molar-refractivity contribution is 5.96. The number of nitro benzene ring substituents is 1. The van der Waals surface area contributed by atoms with E-state index in [1.54, 1.807) is 29.2 Å². The van der Waals surface area contributed by atoms with E-state index in [9.17, 15) is 19.7 Å². The van der Waals surface area contributed by atoms with Gasteiger partial charge in [0.2, 0.25) is 5.91 Å². The Hall–Kier alpha value is -3.62. The molecule has 0 aliphatic carbocycles. The van der Waals surface area contributed by atoms with Gasteiger partial charge in [-0.15, -0.1) is 0 Å². The predicted molar refractivity (Wildman–Crippen MR) is 108 cm³/mol. The number of carbonyl (C=O) groups excluding carboxylic acids is 2. The number of benzene rings is 2. The first-order valence-electron chi connectivity index (χ1n) is 9.31. The molecule has 2 amide bonds. The Kier molecular flexibility index (Phi) is 6.28. The lowest BCUT2D eigenvalue weighted by Crippen LogP contribution is -2.50. The molecule has 29 heavy (non-hydrogen) atoms. The summed E-state index contributed by atoms with van der Waals surface area (Å²) in [5.74, 6) is -0.164. The minimum absolute atomic E-state index is 0.0794. The van der Waals surface area contributed by atoms with E-state index in [0.717, 1.165) is 6.42 Å². The lowest BCUT2D eigenvalue weighted by atomic mass is 10.1. The molecule has 9 nitrogen and oxygen atoms in total. The number of carbonyl (C=O) groups is 2. The van der Waals surface area contributed by atoms with E-state index in [4.69, 9.17) is 4.74 Å². The van der Waals surface area contributed by atoms with E-state index in [2.05, 4.69) is 10.6 Å². The molecule has 0 spiro atoms. The predicted octanol–water partition coefficient (Wildman–Crippen LogP) is 2.33. The van der Waals surface area contributed by atoms with Crippen molar-refractivity contribution in [2.24, 2.45) is 0 Å². The number of fused-ring (bicyclic) bond motifs is 1. The van der Waals surface area contributed by atoms with Crippen molar-refractivity contribution >= 4 is 28.9 Å². The van der Waals surface area contributed by atoms with Gasteiger partial charge in [0.15, 0.2) is 6.10 Å². The highest BCUT2D eigenvalue weighted by atomic mass is 16.6. The molecule has 0 radical (unpaired) electrons. The van der Waals surface area contributed by atoms with E-state index in [1.165, 1.54) is 18.2 Å². The maximum Gasteiger partial charge on any atom is 0.292 e. The number of hydrogen-bond acceptors (Lipinski definition) is 6. The maximum absolute atomic E-state index is 12.6. The van der Waals surface area contributed by atoms with E-state index in [-0.39, 0.29) is 30.4 Å². The lowest BCUT2D eigenvalue weighted by molar-refractivity contribution is -0.383. The number of nitrogens with zero attached hydrogens (tertiary/aromatic N) is 2. The third-order valence-corrected chi connectivity index (χ3v) is 4.41. The van der Waals surface area contributed by atoms with Crippen molar-refractivity contribution in [1.82, 2.24) is 5.32 Å². The lowest BCUT2D eigenvalue weighted by Gasteiger charge is -2.35. The number of rotatable bonds is 7. The minimum Gasteiger partial charge on any atom is -0.477 e. The molecule has 2 N–H and O–H groups in total. The van der Waals surface area contributed by atoms with E-state index < -0.39 is 16.9 Å². The molecular formula is C20H22N4O5. The monoisotopic (exact) mass is 398 g/mol. The highest BCUT2D eigenvalue weighted by Crippen LogP contribution is 2.33. The van der Waals surface area contributed by atoms with Crippen molar-refractivity contribution in [3.05, 3.63) is 58.6 Å². The van der Waals surface area contributed by atoms with Crippen LogP contribution in [0.4, 0.5) is 17.1 Å². The quantitative estimate of drug-likeness (QED) is 0.547. The van der Waals surface area contributed by atoms with Gasteiger partial charge in [-0.2, -0.15) is 0 Å². The van der Waals surface area contributed by atoms with Crippen molar-refractivity contribution in [3.63, 3.8) is 0 Å². The molecular weight excluding hydrogens is 376 g/mol. The maximum atomic E-state index is 12.6. The van der Waals surface area contributed by atoms with Crippen LogP contribution in [0, 0.1) is 10.1 Å². The summed E-state index contributed by atoms with van der Waals surface area (Å²) in [7, 11) is 0. The average molecular weight is 398 g/mol. The fourth-order valence-electron chi connectivity index (χ4n) is 3.06. The van der Waals surface area contributed by atoms with Crippen LogP contribution in [0.25, 0.3) is 0 Å². The van der Waals surface area contributed by atoms with Crippen LogP contribution in [0.3, 0.4) is 0 Å². The van der Waals surface area contributed by atoms with Crippen LogP contribution < -0.4 is 20.3 Å². The number of para-hydroxylation sites is 4. The Balaban J connectivity index is 1.75. The molecule has 0 fully saturated rings. The molecule has 1 aliphatic rings. The first-order valence-corrected chi connectivity index (χ1v) is 9.31. The molecule has 0 bridgehead atoms. The first kappa shape index (κ1) is 20.1. The molecule has 2 aromatic rings. The van der Waals surface area contributed by atoms with Crippen LogP contribution in [0.1, 0.15) is 13.3 Å². The molecule has 1 aliphatic heterocycles. The zero-order valence-corrected chi connectivity index (χ0v) is 16.0. The van der Waals surface area contributed by atoms with Gasteiger partial charge >= 0.3 is 0 Å². The molecule has 2 aromatic carbocycles. The van der Waals surface area contributed by atoms with Gasteiger partial charge in [0, 0.05) is 12.6 Å². The van der Waals surface area contributed by atoms with Crippen LogP contribution in [0.2, 0.25) is 0 Å². The van der Waals surface area contributed by atoms with Crippen LogP contribution >= 0.6 is 0 Å². The molecule has 1 atom stereocenters. The third-order valence-electron chi connectivity index (χ3n) is 4.41. The van der Waals surface area contributed by atoms with Gasteiger partial charge in [0.05, 0.1) is 23.7 Å². The normalized spacial score (nSPS) is 15.1. The fourth-order valence-corrected chi connectivity index (χ4v) is 3.06. The van der Waals surface area contributed by atoms with E-state index >= 15 is 0 Å². The molecule has 9 heteroatoms. The van der Waals surface area contributed by atoms with Crippen molar-refractivity contribution in [2.45, 2.75) is 19.4 Å². The van der Waals surface area contributed by atoms with Gasteiger partial charge in [-0.05, 0) is 24.6 Å². The molecule has 152 valence electrons. The van der Waals surface area contributed by atoms with Gasteiger partial charge in [0.1, 0.15) is 11.4 Å². The number of hydrogen-bond donors (Lipinski definition) is 2. The van der Waals surface area contributed by atoms with E-state index in [1.807, 2.05) is 13.0 Å². The Bertz CT molecular complexity index is 917. The summed E-state index contributed by atoms with van der Waals surface area (Å²) < 4.78 is 5.80. The Morgan fingerprint density at radius 2 is 1.93 bits per heavy atom. The molecule has 0 aromatic heterocycles. The first-order chi connectivity index (χ1) is 14.0. The molecule has 0 saturated heterocycles. The summed E-state index contributed by atoms with van der Waals surface area (Å²) in [5, 5.41) is 16.5. The second-order valence-corrected chi connectivity index (χ2v) is 6.57. The number of nitrogens with one attached hydrogen (secondary N) is 2. The number of ether oxygens (including phenoxy) is 1. The van der Waals surface area contributed by atoms with Gasteiger partial charge in [-0.3, -0.25) is 19.7 Å². The van der Waals surface area contributed by atoms with Gasteiger partial charge in [-0.25, -0.2) is 0 Å². The van der Waals surface area contributed by atoms with Crippen molar-refractivity contribution in [1.29, 1.82) is 0 Å². The Labute approximate surface area is 167 Å². The van der Waals surface area contributed by atoms with Gasteiger partial charge in [-0.1, -0.05) is 31.2 Å². The summed E-state index contributed by atoms with van der Waals surface area (Å²) in [5.41, 5.74) is 0.631. The second-order valence-electron chi connectivity index (χ2n) is 6.57. The smallest absolute Gasteiger partial charge is 0.292 e. The Morgan fingerprint density at radius 3 is 2.69 bits per heavy atom. The SMILES string of the molecule is CCCNC(=O)[C@@H]1CN(CC(=O)Nc2ccccc2[N+](=O)[O-])c2ccccc2O1. The summed E-state index contributed by atoms with van der Waals surface area (Å²) in [4.78, 5) is 37.3. The number of nitro groups is 1. The van der Waals surface area contributed by atoms with Crippen LogP contribution in [0.5, 0.6) is 5.75 Å². The Morgan fingerprint density at radius 1 is 1.21 bits per heavy atom. The zero-order valence-electron chi connectivity index (χ0n) is 16.0. The second kappa shape index (κ2) is 9.05. The van der Waals surface area contributed by atoms with Crippen LogP contribution in [-0.4, -0.2) is 42.5 Å². The van der Waals surface area contributed by atoms with Crippen LogP contribution in [0.15, 0.2) is 48.5 Å². The van der Waals surface area contributed by atoms with Crippen LogP contribution in [-0.2, 0) is 9.59 Å². The van der Waals surface area contributed by atoms with Gasteiger partial charge < -0.3 is 20.3 Å². The topological polar surface area (TPSA) is 114 Å². The molecule has 0 saturated carbocycles. The number of anilines is 2. The van der Waals surface area contributed by atoms with Crippen molar-refractivity contribution in [2.75, 3.05) is 29.9 Å². The molecule has 1 heterocycles. The summed E-state index contributed by atoms with van der Waals surface area (Å²) in [6.45, 7) is 2.61. The molecule has 0 unspecified atom stereocenters. The zero-order chi connectivity index (χ0) is 20.8.